The Bertz CT molecular complexity index is 1200. The lowest BCUT2D eigenvalue weighted by molar-refractivity contribution is -0.115. The lowest BCUT2D eigenvalue weighted by Gasteiger charge is -2.29. The second-order valence-electron chi connectivity index (χ2n) is 7.73. The van der Waals surface area contributed by atoms with E-state index in [2.05, 4.69) is 9.71 Å². The molecule has 0 saturated heterocycles. The van der Waals surface area contributed by atoms with Crippen LogP contribution < -0.4 is 5.32 Å². The van der Waals surface area contributed by atoms with Gasteiger partial charge in [-0.2, -0.15) is 8.42 Å². The van der Waals surface area contributed by atoms with Crippen LogP contribution in [0, 0.1) is 0 Å². The molecule has 2 amide bonds. The van der Waals surface area contributed by atoms with E-state index in [9.17, 15) is 18.0 Å². The summed E-state index contributed by atoms with van der Waals surface area (Å²) < 4.78 is 34.5. The highest BCUT2D eigenvalue weighted by molar-refractivity contribution is 7.90. The predicted octanol–water partition coefficient (Wildman–Crippen LogP) is 2.92. The summed E-state index contributed by atoms with van der Waals surface area (Å²) in [4.78, 5) is 27.6. The van der Waals surface area contributed by atoms with Crippen molar-refractivity contribution < 1.29 is 22.7 Å². The number of ether oxygens (including phenoxy) is 1. The standard InChI is InChI=1S/C22H25ClN4O5S/c1-26(2)14-24-33(30,31)20-12-17(25-21(28)11-15-6-4-5-7-19(15)23)10-16-13-27(22(29)32-3)9-8-18(16)20/h4-7,10,12,14H,8-9,11,13H2,1-3H3,(H,25,28). The van der Waals surface area contributed by atoms with Crippen LogP contribution in [0.15, 0.2) is 45.7 Å². The zero-order valence-corrected chi connectivity index (χ0v) is 20.1. The topological polar surface area (TPSA) is 108 Å². The predicted molar refractivity (Wildman–Crippen MR) is 126 cm³/mol. The number of rotatable bonds is 6. The number of carbonyl (C=O) groups excluding carboxylic acids is 2. The van der Waals surface area contributed by atoms with Crippen molar-refractivity contribution in [3.8, 4) is 0 Å². The highest BCUT2D eigenvalue weighted by Gasteiger charge is 2.28. The number of fused-ring (bicyclic) bond motifs is 1. The molecule has 0 bridgehead atoms. The number of benzene rings is 2. The molecular formula is C22H25ClN4O5S. The number of nitrogens with zero attached hydrogens (tertiary/aromatic N) is 3. The molecule has 1 heterocycles. The van der Waals surface area contributed by atoms with Crippen LogP contribution >= 0.6 is 11.6 Å². The lowest BCUT2D eigenvalue weighted by atomic mass is 9.99. The Hall–Kier alpha value is -3.11. The zero-order valence-electron chi connectivity index (χ0n) is 18.5. The third-order valence-electron chi connectivity index (χ3n) is 5.01. The smallest absolute Gasteiger partial charge is 0.409 e. The average Bonchev–Trinajstić information content (AvgIpc) is 2.77. The molecule has 1 aliphatic rings. The summed E-state index contributed by atoms with van der Waals surface area (Å²) in [6.07, 6.45) is 1.02. The maximum absolute atomic E-state index is 13.0. The number of halogens is 1. The summed E-state index contributed by atoms with van der Waals surface area (Å²) in [7, 11) is 0.565. The molecule has 9 nitrogen and oxygen atoms in total. The Morgan fingerprint density at radius 3 is 2.67 bits per heavy atom. The molecule has 0 aromatic heterocycles. The summed E-state index contributed by atoms with van der Waals surface area (Å²) in [6.45, 7) is 0.452. The number of methoxy groups -OCH3 is 1. The van der Waals surface area contributed by atoms with Gasteiger partial charge in [0.2, 0.25) is 5.91 Å². The number of anilines is 1. The van der Waals surface area contributed by atoms with Gasteiger partial charge in [0.1, 0.15) is 6.34 Å². The Kier molecular flexibility index (Phi) is 7.60. The van der Waals surface area contributed by atoms with Crippen LogP contribution in [0.25, 0.3) is 0 Å². The first-order valence-corrected chi connectivity index (χ1v) is 11.9. The summed E-state index contributed by atoms with van der Waals surface area (Å²) in [6, 6.07) is 10.1. The van der Waals surface area contributed by atoms with Crippen LogP contribution in [0.2, 0.25) is 5.02 Å². The minimum atomic E-state index is -4.04. The number of carbonyl (C=O) groups is 2. The molecule has 0 aliphatic carbocycles. The van der Waals surface area contributed by atoms with Gasteiger partial charge in [-0.05, 0) is 41.3 Å². The van der Waals surface area contributed by atoms with E-state index in [0.717, 1.165) is 0 Å². The van der Waals surface area contributed by atoms with Gasteiger partial charge in [-0.1, -0.05) is 29.8 Å². The average molecular weight is 493 g/mol. The van der Waals surface area contributed by atoms with E-state index in [1.165, 1.54) is 29.3 Å². The molecule has 1 aliphatic heterocycles. The highest BCUT2D eigenvalue weighted by Crippen LogP contribution is 2.31. The maximum atomic E-state index is 13.0. The van der Waals surface area contributed by atoms with Gasteiger partial charge < -0.3 is 19.9 Å². The van der Waals surface area contributed by atoms with E-state index >= 15 is 0 Å². The molecule has 33 heavy (non-hydrogen) atoms. The molecule has 176 valence electrons. The van der Waals surface area contributed by atoms with Crippen molar-refractivity contribution >= 4 is 45.7 Å². The molecule has 0 unspecified atom stereocenters. The van der Waals surface area contributed by atoms with Crippen LogP contribution in [-0.2, 0) is 38.9 Å². The van der Waals surface area contributed by atoms with Crippen molar-refractivity contribution in [3.05, 3.63) is 58.1 Å². The quantitative estimate of drug-likeness (QED) is 0.490. The first-order chi connectivity index (χ1) is 15.6. The largest absolute Gasteiger partial charge is 0.453 e. The molecule has 0 spiro atoms. The SMILES string of the molecule is COC(=O)N1CCc2c(cc(NC(=O)Cc3ccccc3Cl)cc2S(=O)(=O)N=CN(C)C)C1. The molecular weight excluding hydrogens is 468 g/mol. The minimum Gasteiger partial charge on any atom is -0.453 e. The maximum Gasteiger partial charge on any atom is 0.409 e. The van der Waals surface area contributed by atoms with Gasteiger partial charge in [0.25, 0.3) is 10.0 Å². The van der Waals surface area contributed by atoms with E-state index in [1.807, 2.05) is 0 Å². The monoisotopic (exact) mass is 492 g/mol. The lowest BCUT2D eigenvalue weighted by Crippen LogP contribution is -2.36. The molecule has 11 heteroatoms. The van der Waals surface area contributed by atoms with Crippen molar-refractivity contribution in [1.82, 2.24) is 9.80 Å². The molecule has 0 saturated carbocycles. The highest BCUT2D eigenvalue weighted by atomic mass is 35.5. The van der Waals surface area contributed by atoms with E-state index in [4.69, 9.17) is 16.3 Å². The van der Waals surface area contributed by atoms with Gasteiger partial charge >= 0.3 is 6.09 Å². The van der Waals surface area contributed by atoms with Crippen molar-refractivity contribution in [1.29, 1.82) is 0 Å². The Morgan fingerprint density at radius 1 is 1.27 bits per heavy atom. The van der Waals surface area contributed by atoms with Crippen LogP contribution in [0.4, 0.5) is 10.5 Å². The number of sulfonamides is 1. The van der Waals surface area contributed by atoms with Gasteiger partial charge in [-0.3, -0.25) is 4.79 Å². The van der Waals surface area contributed by atoms with Gasteiger partial charge in [0, 0.05) is 37.9 Å². The normalized spacial score (nSPS) is 13.5. The second-order valence-corrected chi connectivity index (χ2v) is 9.74. The number of nitrogens with one attached hydrogen (secondary N) is 1. The van der Waals surface area contributed by atoms with Crippen LogP contribution in [0.3, 0.4) is 0 Å². The molecule has 0 atom stereocenters. The van der Waals surface area contributed by atoms with Gasteiger partial charge in [-0.25, -0.2) is 4.79 Å². The number of hydrogen-bond donors (Lipinski definition) is 1. The fourth-order valence-electron chi connectivity index (χ4n) is 3.48. The van der Waals surface area contributed by atoms with Gasteiger partial charge in [-0.15, -0.1) is 4.40 Å². The first kappa shape index (κ1) is 24.5. The molecule has 1 N–H and O–H groups in total. The van der Waals surface area contributed by atoms with Gasteiger partial charge in [0.05, 0.1) is 18.4 Å². The summed E-state index contributed by atoms with van der Waals surface area (Å²) in [5.41, 5.74) is 2.10. The van der Waals surface area contributed by atoms with Gasteiger partial charge in [0.15, 0.2) is 0 Å². The van der Waals surface area contributed by atoms with Crippen LogP contribution in [-0.4, -0.2) is 64.3 Å². The van der Waals surface area contributed by atoms with E-state index < -0.39 is 16.1 Å². The third-order valence-corrected chi connectivity index (χ3v) is 6.68. The Morgan fingerprint density at radius 2 is 2.00 bits per heavy atom. The molecule has 0 radical (unpaired) electrons. The van der Waals surface area contributed by atoms with Crippen LogP contribution in [0.1, 0.15) is 16.7 Å². The molecule has 0 fully saturated rings. The second kappa shape index (κ2) is 10.2. The van der Waals surface area contributed by atoms with E-state index in [-0.39, 0.29) is 29.5 Å². The fraction of sp³-hybridized carbons (Fsp3) is 0.318. The van der Waals surface area contributed by atoms with E-state index in [0.29, 0.717) is 34.7 Å². The van der Waals surface area contributed by atoms with Crippen LogP contribution in [0.5, 0.6) is 0 Å². The molecule has 2 aromatic carbocycles. The van der Waals surface area contributed by atoms with Crippen molar-refractivity contribution in [3.63, 3.8) is 0 Å². The first-order valence-electron chi connectivity index (χ1n) is 10.1. The fourth-order valence-corrected chi connectivity index (χ4v) is 4.93. The summed E-state index contributed by atoms with van der Waals surface area (Å²) in [5, 5.41) is 3.21. The summed E-state index contributed by atoms with van der Waals surface area (Å²) in [5.74, 6) is -0.358. The van der Waals surface area contributed by atoms with Crippen molar-refractivity contribution in [2.24, 2.45) is 4.40 Å². The Labute approximate surface area is 198 Å². The summed E-state index contributed by atoms with van der Waals surface area (Å²) >= 11 is 6.14. The number of hydrogen-bond acceptors (Lipinski definition) is 5. The Balaban J connectivity index is 1.98. The molecule has 2 aromatic rings. The van der Waals surface area contributed by atoms with Crippen molar-refractivity contribution in [2.75, 3.05) is 33.1 Å². The van der Waals surface area contributed by atoms with E-state index in [1.54, 1.807) is 44.4 Å². The molecule has 3 rings (SSSR count). The zero-order chi connectivity index (χ0) is 24.2. The minimum absolute atomic E-state index is 0.00402. The van der Waals surface area contributed by atoms with Crippen molar-refractivity contribution in [2.45, 2.75) is 24.3 Å². The number of amides is 2. The third kappa shape index (κ3) is 6.02.